The lowest BCUT2D eigenvalue weighted by Crippen LogP contribution is -2.01. The normalized spacial score (nSPS) is 11.0. The minimum Gasteiger partial charge on any atom is -0.508 e. The van der Waals surface area contributed by atoms with Crippen molar-refractivity contribution in [3.8, 4) is 5.75 Å². The van der Waals surface area contributed by atoms with Gasteiger partial charge in [-0.15, -0.1) is 0 Å². The second kappa shape index (κ2) is 5.85. The van der Waals surface area contributed by atoms with E-state index in [4.69, 9.17) is 34.8 Å². The summed E-state index contributed by atoms with van der Waals surface area (Å²) in [5.74, 6) is 0.157. The molecule has 0 atom stereocenters. The number of aromatic nitrogens is 2. The predicted molar refractivity (Wildman–Crippen MR) is 87.9 cm³/mol. The molecule has 8 heteroatoms. The number of phenols is 1. The summed E-state index contributed by atoms with van der Waals surface area (Å²) < 4.78 is 8.34. The number of aromatic hydroxyl groups is 1. The molecule has 0 saturated heterocycles. The van der Waals surface area contributed by atoms with Crippen LogP contribution in [0.3, 0.4) is 0 Å². The van der Waals surface area contributed by atoms with Gasteiger partial charge in [0.1, 0.15) is 16.8 Å². The Morgan fingerprint density at radius 2 is 1.81 bits per heavy atom. The number of benzene rings is 2. The SMILES string of the molecule is Oc1ccc(Cl)cc1CNc1c(Cl)cc(Cl)c2nsnc12. The van der Waals surface area contributed by atoms with E-state index in [-0.39, 0.29) is 5.75 Å². The molecular formula is C13H8Cl3N3OS. The zero-order valence-electron chi connectivity index (χ0n) is 10.4. The number of halogens is 3. The Bertz CT molecular complexity index is 822. The van der Waals surface area contributed by atoms with Crippen LogP contribution in [-0.4, -0.2) is 13.9 Å². The zero-order valence-corrected chi connectivity index (χ0v) is 13.5. The van der Waals surface area contributed by atoms with E-state index in [0.29, 0.717) is 43.9 Å². The van der Waals surface area contributed by atoms with E-state index in [1.807, 2.05) is 0 Å². The van der Waals surface area contributed by atoms with Crippen LogP contribution in [0.5, 0.6) is 5.75 Å². The van der Waals surface area contributed by atoms with Gasteiger partial charge in [-0.2, -0.15) is 8.75 Å². The third-order valence-electron chi connectivity index (χ3n) is 2.94. The van der Waals surface area contributed by atoms with E-state index in [2.05, 4.69) is 14.1 Å². The first-order valence-electron chi connectivity index (χ1n) is 5.88. The Hall–Kier alpha value is -1.27. The number of phenolic OH excluding ortho intramolecular Hbond substituents is 1. The Morgan fingerprint density at radius 3 is 2.62 bits per heavy atom. The molecule has 4 nitrogen and oxygen atoms in total. The van der Waals surface area contributed by atoms with Crippen LogP contribution in [0.15, 0.2) is 24.3 Å². The Morgan fingerprint density at radius 1 is 1.05 bits per heavy atom. The quantitative estimate of drug-likeness (QED) is 0.692. The number of nitrogens with one attached hydrogen (secondary N) is 1. The van der Waals surface area contributed by atoms with Crippen molar-refractivity contribution >= 4 is 63.3 Å². The van der Waals surface area contributed by atoms with Crippen molar-refractivity contribution < 1.29 is 5.11 Å². The van der Waals surface area contributed by atoms with Gasteiger partial charge in [-0.1, -0.05) is 34.8 Å². The third kappa shape index (κ3) is 2.87. The minimum absolute atomic E-state index is 0.157. The molecular weight excluding hydrogens is 353 g/mol. The van der Waals surface area contributed by atoms with E-state index in [9.17, 15) is 5.11 Å². The highest BCUT2D eigenvalue weighted by Gasteiger charge is 2.14. The molecule has 2 aromatic carbocycles. The molecule has 108 valence electrons. The molecule has 0 amide bonds. The van der Waals surface area contributed by atoms with Gasteiger partial charge in [-0.05, 0) is 24.3 Å². The number of fused-ring (bicyclic) bond motifs is 1. The van der Waals surface area contributed by atoms with Gasteiger partial charge < -0.3 is 10.4 Å². The molecule has 0 aliphatic rings. The Kier molecular flexibility index (Phi) is 4.08. The van der Waals surface area contributed by atoms with Gasteiger partial charge in [-0.25, -0.2) is 0 Å². The lowest BCUT2D eigenvalue weighted by atomic mass is 10.2. The molecule has 0 saturated carbocycles. The number of nitrogens with zero attached hydrogens (tertiary/aromatic N) is 2. The zero-order chi connectivity index (χ0) is 15.0. The topological polar surface area (TPSA) is 58.0 Å². The summed E-state index contributed by atoms with van der Waals surface area (Å²) in [6.45, 7) is 0.348. The van der Waals surface area contributed by atoms with Crippen LogP contribution in [0.2, 0.25) is 15.1 Å². The van der Waals surface area contributed by atoms with Crippen molar-refractivity contribution in [2.24, 2.45) is 0 Å². The van der Waals surface area contributed by atoms with Crippen LogP contribution in [0.4, 0.5) is 5.69 Å². The predicted octanol–water partition coefficient (Wildman–Crippen LogP) is 4.97. The highest BCUT2D eigenvalue weighted by molar-refractivity contribution is 7.00. The maximum absolute atomic E-state index is 9.82. The van der Waals surface area contributed by atoms with Crippen LogP contribution in [0, 0.1) is 0 Å². The van der Waals surface area contributed by atoms with E-state index in [1.165, 1.54) is 0 Å². The van der Waals surface area contributed by atoms with Crippen molar-refractivity contribution in [3.05, 3.63) is 44.9 Å². The first kappa shape index (κ1) is 14.7. The van der Waals surface area contributed by atoms with Crippen molar-refractivity contribution in [2.75, 3.05) is 5.32 Å². The molecule has 1 heterocycles. The van der Waals surface area contributed by atoms with Gasteiger partial charge >= 0.3 is 0 Å². The molecule has 2 N–H and O–H groups in total. The van der Waals surface area contributed by atoms with Gasteiger partial charge in [0.15, 0.2) is 0 Å². The fourth-order valence-electron chi connectivity index (χ4n) is 1.92. The number of hydrogen-bond acceptors (Lipinski definition) is 5. The lowest BCUT2D eigenvalue weighted by Gasteiger charge is -2.11. The van der Waals surface area contributed by atoms with Crippen molar-refractivity contribution in [1.82, 2.24) is 8.75 Å². The molecule has 0 fully saturated rings. The van der Waals surface area contributed by atoms with E-state index in [1.54, 1.807) is 24.3 Å². The second-order valence-electron chi connectivity index (χ2n) is 4.30. The first-order chi connectivity index (χ1) is 10.1. The van der Waals surface area contributed by atoms with E-state index in [0.717, 1.165) is 11.7 Å². The van der Waals surface area contributed by atoms with Gasteiger partial charge in [0, 0.05) is 17.1 Å². The van der Waals surface area contributed by atoms with Crippen molar-refractivity contribution in [1.29, 1.82) is 0 Å². The average Bonchev–Trinajstić information content (AvgIpc) is 2.92. The van der Waals surface area contributed by atoms with Crippen LogP contribution < -0.4 is 5.32 Å². The van der Waals surface area contributed by atoms with Crippen LogP contribution in [0.25, 0.3) is 11.0 Å². The second-order valence-corrected chi connectivity index (χ2v) is 6.08. The maximum atomic E-state index is 9.82. The fourth-order valence-corrected chi connectivity index (χ4v) is 3.30. The summed E-state index contributed by atoms with van der Waals surface area (Å²) in [5.41, 5.74) is 2.50. The van der Waals surface area contributed by atoms with Crippen molar-refractivity contribution in [2.45, 2.75) is 6.54 Å². The summed E-state index contributed by atoms with van der Waals surface area (Å²) in [6.07, 6.45) is 0. The smallest absolute Gasteiger partial charge is 0.130 e. The van der Waals surface area contributed by atoms with Gasteiger partial charge in [0.2, 0.25) is 0 Å². The Balaban J connectivity index is 1.95. The number of anilines is 1. The van der Waals surface area contributed by atoms with Crippen LogP contribution >= 0.6 is 46.5 Å². The summed E-state index contributed by atoms with van der Waals surface area (Å²) in [5, 5.41) is 14.4. The van der Waals surface area contributed by atoms with Crippen LogP contribution in [-0.2, 0) is 6.54 Å². The fraction of sp³-hybridized carbons (Fsp3) is 0.0769. The number of hydrogen-bond donors (Lipinski definition) is 2. The highest BCUT2D eigenvalue weighted by Crippen LogP contribution is 2.35. The molecule has 0 aliphatic carbocycles. The molecule has 0 bridgehead atoms. The van der Waals surface area contributed by atoms with E-state index >= 15 is 0 Å². The third-order valence-corrected chi connectivity index (χ3v) is 4.29. The summed E-state index contributed by atoms with van der Waals surface area (Å²) >= 11 is 19.3. The van der Waals surface area contributed by atoms with Crippen LogP contribution in [0.1, 0.15) is 5.56 Å². The molecule has 21 heavy (non-hydrogen) atoms. The summed E-state index contributed by atoms with van der Waals surface area (Å²) in [7, 11) is 0. The molecule has 0 unspecified atom stereocenters. The molecule has 0 spiro atoms. The summed E-state index contributed by atoms with van der Waals surface area (Å²) in [6, 6.07) is 6.47. The molecule has 0 radical (unpaired) electrons. The maximum Gasteiger partial charge on any atom is 0.130 e. The van der Waals surface area contributed by atoms with Crippen molar-refractivity contribution in [3.63, 3.8) is 0 Å². The summed E-state index contributed by atoms with van der Waals surface area (Å²) in [4.78, 5) is 0. The standard InChI is InChI=1S/C13H8Cl3N3OS/c14-7-1-2-10(20)6(3-7)5-17-11-8(15)4-9(16)12-13(11)19-21-18-12/h1-4,17,20H,5H2. The minimum atomic E-state index is 0.157. The average molecular weight is 361 g/mol. The highest BCUT2D eigenvalue weighted by atomic mass is 35.5. The lowest BCUT2D eigenvalue weighted by molar-refractivity contribution is 0.469. The van der Waals surface area contributed by atoms with Gasteiger partial charge in [-0.3, -0.25) is 0 Å². The van der Waals surface area contributed by atoms with E-state index < -0.39 is 0 Å². The largest absolute Gasteiger partial charge is 0.508 e. The first-order valence-corrected chi connectivity index (χ1v) is 7.74. The molecule has 1 aromatic heterocycles. The van der Waals surface area contributed by atoms with Gasteiger partial charge in [0.25, 0.3) is 0 Å². The molecule has 3 aromatic rings. The number of rotatable bonds is 3. The monoisotopic (exact) mass is 359 g/mol. The van der Waals surface area contributed by atoms with Gasteiger partial charge in [0.05, 0.1) is 27.5 Å². The Labute approximate surface area is 139 Å². The molecule has 0 aliphatic heterocycles. The molecule has 3 rings (SSSR count).